The molecule has 0 aliphatic rings. The highest BCUT2D eigenvalue weighted by Crippen LogP contribution is 2.15. The first-order valence-corrected chi connectivity index (χ1v) is 4.43. The summed E-state index contributed by atoms with van der Waals surface area (Å²) in [5.74, 6) is -1.02. The zero-order chi connectivity index (χ0) is 10.8. The Morgan fingerprint density at radius 1 is 1.67 bits per heavy atom. The first kappa shape index (κ1) is 9.60. The Bertz CT molecular complexity index is 494. The molecule has 0 fully saturated rings. The van der Waals surface area contributed by atoms with E-state index in [0.29, 0.717) is 0 Å². The van der Waals surface area contributed by atoms with Gasteiger partial charge in [-0.25, -0.2) is 9.97 Å². The van der Waals surface area contributed by atoms with Gasteiger partial charge in [0.1, 0.15) is 12.4 Å². The van der Waals surface area contributed by atoms with Crippen molar-refractivity contribution >= 4 is 17.0 Å². The quantitative estimate of drug-likeness (QED) is 0.651. The number of carboxylic acids is 1. The molecule has 78 valence electrons. The van der Waals surface area contributed by atoms with E-state index in [0.717, 1.165) is 16.6 Å². The fourth-order valence-corrected chi connectivity index (χ4v) is 1.40. The van der Waals surface area contributed by atoms with Gasteiger partial charge in [0.2, 0.25) is 0 Å². The predicted octanol–water partition coefficient (Wildman–Crippen LogP) is -0.0877. The topological polar surface area (TPSA) is 105 Å². The van der Waals surface area contributed by atoms with Crippen LogP contribution in [-0.2, 0) is 11.2 Å². The number of carbonyl (C=O) groups is 1. The van der Waals surface area contributed by atoms with Crippen molar-refractivity contribution in [2.75, 3.05) is 0 Å². The van der Waals surface area contributed by atoms with E-state index < -0.39 is 12.0 Å². The number of aliphatic carboxylic acids is 1. The summed E-state index contributed by atoms with van der Waals surface area (Å²) in [7, 11) is 0. The van der Waals surface area contributed by atoms with E-state index in [4.69, 9.17) is 10.8 Å². The van der Waals surface area contributed by atoms with Gasteiger partial charge in [0, 0.05) is 12.6 Å². The van der Waals surface area contributed by atoms with Crippen LogP contribution in [0.5, 0.6) is 0 Å². The molecule has 0 spiro atoms. The molecule has 1 atom stereocenters. The third kappa shape index (κ3) is 1.79. The van der Waals surface area contributed by atoms with E-state index in [1.807, 2.05) is 0 Å². The number of rotatable bonds is 3. The van der Waals surface area contributed by atoms with Gasteiger partial charge in [-0.3, -0.25) is 4.79 Å². The number of nitrogens with zero attached hydrogens (tertiary/aromatic N) is 2. The van der Waals surface area contributed by atoms with Gasteiger partial charge in [-0.2, -0.15) is 0 Å². The highest BCUT2D eigenvalue weighted by Gasteiger charge is 2.15. The van der Waals surface area contributed by atoms with Gasteiger partial charge >= 0.3 is 5.97 Å². The molecule has 2 aromatic heterocycles. The summed E-state index contributed by atoms with van der Waals surface area (Å²) < 4.78 is 0. The van der Waals surface area contributed by atoms with Crippen molar-refractivity contribution in [3.05, 3.63) is 24.3 Å². The van der Waals surface area contributed by atoms with Gasteiger partial charge in [0.15, 0.2) is 0 Å². The van der Waals surface area contributed by atoms with E-state index in [1.54, 1.807) is 12.4 Å². The lowest BCUT2D eigenvalue weighted by molar-refractivity contribution is -0.138. The Morgan fingerprint density at radius 3 is 3.20 bits per heavy atom. The summed E-state index contributed by atoms with van der Waals surface area (Å²) >= 11 is 0. The maximum absolute atomic E-state index is 10.6. The van der Waals surface area contributed by atoms with Crippen molar-refractivity contribution in [1.29, 1.82) is 0 Å². The van der Waals surface area contributed by atoms with Crippen LogP contribution in [0.2, 0.25) is 0 Å². The van der Waals surface area contributed by atoms with E-state index in [-0.39, 0.29) is 6.42 Å². The lowest BCUT2D eigenvalue weighted by Gasteiger charge is -2.03. The molecule has 6 heteroatoms. The molecule has 2 aromatic rings. The number of carboxylic acid groups (broad SMARTS) is 1. The average molecular weight is 206 g/mol. The normalized spacial score (nSPS) is 12.9. The van der Waals surface area contributed by atoms with Crippen LogP contribution in [0.15, 0.2) is 18.7 Å². The fraction of sp³-hybridized carbons (Fsp3) is 0.222. The first-order valence-electron chi connectivity index (χ1n) is 4.43. The molecule has 0 aliphatic heterocycles. The highest BCUT2D eigenvalue weighted by molar-refractivity contribution is 5.79. The molecule has 0 saturated carbocycles. The summed E-state index contributed by atoms with van der Waals surface area (Å²) in [4.78, 5) is 21.5. The second kappa shape index (κ2) is 3.66. The van der Waals surface area contributed by atoms with Crippen LogP contribution in [0.3, 0.4) is 0 Å². The van der Waals surface area contributed by atoms with E-state index >= 15 is 0 Å². The number of aromatic amines is 1. The summed E-state index contributed by atoms with van der Waals surface area (Å²) in [6.07, 6.45) is 5.03. The molecule has 0 bridgehead atoms. The van der Waals surface area contributed by atoms with Crippen LogP contribution >= 0.6 is 0 Å². The standard InChI is InChI=1S/C9H10N4O2/c10-6(9(14)15)1-5-2-12-7-3-11-4-13-8(5)7/h2-4,6,12H,1,10H2,(H,14,15)/t6-/m0/s1. The molecule has 0 unspecified atom stereocenters. The monoisotopic (exact) mass is 206 g/mol. The lowest BCUT2D eigenvalue weighted by Crippen LogP contribution is -2.32. The Kier molecular flexibility index (Phi) is 2.34. The van der Waals surface area contributed by atoms with Crippen molar-refractivity contribution in [3.63, 3.8) is 0 Å². The zero-order valence-electron chi connectivity index (χ0n) is 7.84. The second-order valence-corrected chi connectivity index (χ2v) is 3.25. The SMILES string of the molecule is N[C@@H](Cc1c[nH]c2cncnc12)C(=O)O. The maximum Gasteiger partial charge on any atom is 0.320 e. The summed E-state index contributed by atoms with van der Waals surface area (Å²) in [5.41, 5.74) is 7.74. The van der Waals surface area contributed by atoms with Crippen LogP contribution in [0.1, 0.15) is 5.56 Å². The summed E-state index contributed by atoms with van der Waals surface area (Å²) in [6.45, 7) is 0. The Hall–Kier alpha value is -1.95. The fourth-order valence-electron chi connectivity index (χ4n) is 1.40. The maximum atomic E-state index is 10.6. The molecule has 2 rings (SSSR count). The molecule has 0 radical (unpaired) electrons. The molecule has 0 aromatic carbocycles. The van der Waals surface area contributed by atoms with Crippen LogP contribution < -0.4 is 5.73 Å². The number of H-pyrrole nitrogens is 1. The van der Waals surface area contributed by atoms with Gasteiger partial charge in [-0.05, 0) is 5.56 Å². The summed E-state index contributed by atoms with van der Waals surface area (Å²) in [6, 6.07) is -0.904. The van der Waals surface area contributed by atoms with Crippen LogP contribution in [0, 0.1) is 0 Å². The third-order valence-corrected chi connectivity index (χ3v) is 2.18. The number of nitrogens with two attached hydrogens (primary N) is 1. The second-order valence-electron chi connectivity index (χ2n) is 3.25. The van der Waals surface area contributed by atoms with Crippen molar-refractivity contribution in [3.8, 4) is 0 Å². The van der Waals surface area contributed by atoms with Gasteiger partial charge in [0.25, 0.3) is 0 Å². The molecule has 0 aliphatic carbocycles. The highest BCUT2D eigenvalue weighted by atomic mass is 16.4. The van der Waals surface area contributed by atoms with E-state index in [2.05, 4.69) is 15.0 Å². The minimum Gasteiger partial charge on any atom is -0.480 e. The van der Waals surface area contributed by atoms with Crippen LogP contribution in [-0.4, -0.2) is 32.1 Å². The minimum atomic E-state index is -1.02. The predicted molar refractivity (Wildman–Crippen MR) is 53.2 cm³/mol. The van der Waals surface area contributed by atoms with Crippen LogP contribution in [0.4, 0.5) is 0 Å². The molecule has 4 N–H and O–H groups in total. The van der Waals surface area contributed by atoms with Crippen molar-refractivity contribution in [2.24, 2.45) is 5.73 Å². The van der Waals surface area contributed by atoms with Gasteiger partial charge in [-0.15, -0.1) is 0 Å². The molecule has 6 nitrogen and oxygen atoms in total. The van der Waals surface area contributed by atoms with Gasteiger partial charge in [-0.1, -0.05) is 0 Å². The molecular weight excluding hydrogens is 196 g/mol. The number of nitrogens with one attached hydrogen (secondary N) is 1. The van der Waals surface area contributed by atoms with E-state index in [9.17, 15) is 4.79 Å². The largest absolute Gasteiger partial charge is 0.480 e. The third-order valence-electron chi connectivity index (χ3n) is 2.18. The number of hydrogen-bond acceptors (Lipinski definition) is 4. The Morgan fingerprint density at radius 2 is 2.47 bits per heavy atom. The average Bonchev–Trinajstić information content (AvgIpc) is 2.62. The number of fused-ring (bicyclic) bond motifs is 1. The molecule has 0 saturated heterocycles. The summed E-state index contributed by atoms with van der Waals surface area (Å²) in [5, 5.41) is 8.68. The minimum absolute atomic E-state index is 0.256. The zero-order valence-corrected chi connectivity index (χ0v) is 7.84. The van der Waals surface area contributed by atoms with Gasteiger partial charge < -0.3 is 15.8 Å². The van der Waals surface area contributed by atoms with E-state index in [1.165, 1.54) is 6.33 Å². The molecule has 15 heavy (non-hydrogen) atoms. The van der Waals surface area contributed by atoms with Crippen molar-refractivity contribution in [2.45, 2.75) is 12.5 Å². The van der Waals surface area contributed by atoms with Crippen molar-refractivity contribution in [1.82, 2.24) is 15.0 Å². The molecule has 2 heterocycles. The Labute approximate surface area is 85.2 Å². The lowest BCUT2D eigenvalue weighted by atomic mass is 10.1. The van der Waals surface area contributed by atoms with Crippen molar-refractivity contribution < 1.29 is 9.90 Å². The first-order chi connectivity index (χ1) is 7.18. The van der Waals surface area contributed by atoms with Gasteiger partial charge in [0.05, 0.1) is 17.2 Å². The van der Waals surface area contributed by atoms with Crippen LogP contribution in [0.25, 0.3) is 11.0 Å². The smallest absolute Gasteiger partial charge is 0.320 e. The number of aromatic nitrogens is 3. The number of hydrogen-bond donors (Lipinski definition) is 3. The molecule has 0 amide bonds. The Balaban J connectivity index is 2.32. The molecular formula is C9H10N4O2.